The molecule has 0 aliphatic heterocycles. The van der Waals surface area contributed by atoms with Gasteiger partial charge in [0.15, 0.2) is 6.10 Å². The van der Waals surface area contributed by atoms with E-state index in [1.165, 1.54) is 24.4 Å². The van der Waals surface area contributed by atoms with Crippen molar-refractivity contribution >= 4 is 16.7 Å². The lowest BCUT2D eigenvalue weighted by Crippen LogP contribution is -2.33. The number of aryl methyl sites for hydroxylation is 1. The molecule has 0 unspecified atom stereocenters. The molecular formula is C21H17F6N3O2. The molecule has 11 heteroatoms. The van der Waals surface area contributed by atoms with Gasteiger partial charge in [0, 0.05) is 16.3 Å². The van der Waals surface area contributed by atoms with Gasteiger partial charge in [-0.1, -0.05) is 12.1 Å². The van der Waals surface area contributed by atoms with Crippen molar-refractivity contribution in [3.63, 3.8) is 0 Å². The molecule has 1 amide bonds. The Bertz CT molecular complexity index is 1140. The SMILES string of the molecule is Cc1ccc(C(=O)NCC(F)(F)F)cc1-c1ccc2c(O[C@@H](C)C(F)(F)F)nncc2c1. The minimum absolute atomic E-state index is 0.0332. The van der Waals surface area contributed by atoms with Gasteiger partial charge in [0.25, 0.3) is 5.91 Å². The van der Waals surface area contributed by atoms with Crippen molar-refractivity contribution in [3.05, 3.63) is 53.7 Å². The van der Waals surface area contributed by atoms with E-state index in [0.717, 1.165) is 12.5 Å². The number of amides is 1. The highest BCUT2D eigenvalue weighted by molar-refractivity contribution is 5.96. The van der Waals surface area contributed by atoms with Gasteiger partial charge in [-0.05, 0) is 54.8 Å². The summed E-state index contributed by atoms with van der Waals surface area (Å²) in [4.78, 5) is 12.1. The maximum Gasteiger partial charge on any atom is 0.425 e. The van der Waals surface area contributed by atoms with Gasteiger partial charge in [-0.2, -0.15) is 31.4 Å². The number of carbonyl (C=O) groups is 1. The largest absolute Gasteiger partial charge is 0.463 e. The molecule has 0 saturated heterocycles. The molecule has 0 bridgehead atoms. The summed E-state index contributed by atoms with van der Waals surface area (Å²) in [5.41, 5.74) is 1.92. The molecule has 0 spiro atoms. The second-order valence-corrected chi connectivity index (χ2v) is 7.08. The lowest BCUT2D eigenvalue weighted by molar-refractivity contribution is -0.189. The molecule has 0 fully saturated rings. The monoisotopic (exact) mass is 457 g/mol. The molecule has 0 saturated carbocycles. The predicted octanol–water partition coefficient (Wildman–Crippen LogP) is 5.23. The number of hydrogen-bond acceptors (Lipinski definition) is 4. The highest BCUT2D eigenvalue weighted by Gasteiger charge is 2.38. The molecule has 0 aliphatic rings. The maximum absolute atomic E-state index is 12.8. The van der Waals surface area contributed by atoms with E-state index < -0.39 is 30.9 Å². The third kappa shape index (κ3) is 5.45. The van der Waals surface area contributed by atoms with E-state index in [0.29, 0.717) is 21.9 Å². The minimum atomic E-state index is -4.58. The van der Waals surface area contributed by atoms with Crippen LogP contribution in [-0.4, -0.2) is 41.1 Å². The fourth-order valence-corrected chi connectivity index (χ4v) is 2.91. The lowest BCUT2D eigenvalue weighted by Gasteiger charge is -2.17. The zero-order valence-electron chi connectivity index (χ0n) is 16.8. The molecule has 3 rings (SSSR count). The summed E-state index contributed by atoms with van der Waals surface area (Å²) in [6.45, 7) is 1.15. The first kappa shape index (κ1) is 23.3. The van der Waals surface area contributed by atoms with Crippen molar-refractivity contribution in [2.45, 2.75) is 32.3 Å². The first-order valence-electron chi connectivity index (χ1n) is 9.30. The van der Waals surface area contributed by atoms with Crippen molar-refractivity contribution in [2.75, 3.05) is 6.54 Å². The molecule has 1 N–H and O–H groups in total. The Morgan fingerprint density at radius 1 is 1.09 bits per heavy atom. The Kier molecular flexibility index (Phi) is 6.29. The summed E-state index contributed by atoms with van der Waals surface area (Å²) in [7, 11) is 0. The highest BCUT2D eigenvalue weighted by Crippen LogP contribution is 2.32. The molecule has 5 nitrogen and oxygen atoms in total. The number of carbonyl (C=O) groups excluding carboxylic acids is 1. The van der Waals surface area contributed by atoms with Gasteiger partial charge in [0.05, 0.1) is 6.20 Å². The first-order chi connectivity index (χ1) is 14.8. The van der Waals surface area contributed by atoms with Gasteiger partial charge in [0.2, 0.25) is 5.88 Å². The number of halogens is 6. The second kappa shape index (κ2) is 8.64. The predicted molar refractivity (Wildman–Crippen MR) is 104 cm³/mol. The van der Waals surface area contributed by atoms with Crippen molar-refractivity contribution in [1.82, 2.24) is 15.5 Å². The number of fused-ring (bicyclic) bond motifs is 1. The first-order valence-corrected chi connectivity index (χ1v) is 9.30. The molecule has 32 heavy (non-hydrogen) atoms. The summed E-state index contributed by atoms with van der Waals surface area (Å²) in [5.74, 6) is -1.16. The Hall–Kier alpha value is -3.37. The zero-order valence-corrected chi connectivity index (χ0v) is 16.8. The van der Waals surface area contributed by atoms with Gasteiger partial charge in [-0.25, -0.2) is 0 Å². The number of nitrogens with zero attached hydrogens (tertiary/aromatic N) is 2. The quantitative estimate of drug-likeness (QED) is 0.533. The molecule has 170 valence electrons. The van der Waals surface area contributed by atoms with Gasteiger partial charge in [-0.3, -0.25) is 4.79 Å². The van der Waals surface area contributed by atoms with E-state index in [1.54, 1.807) is 25.1 Å². The molecule has 1 heterocycles. The van der Waals surface area contributed by atoms with Gasteiger partial charge >= 0.3 is 12.4 Å². The Balaban J connectivity index is 1.94. The topological polar surface area (TPSA) is 64.1 Å². The van der Waals surface area contributed by atoms with E-state index in [9.17, 15) is 31.1 Å². The number of alkyl halides is 6. The minimum Gasteiger partial charge on any atom is -0.463 e. The Morgan fingerprint density at radius 3 is 2.47 bits per heavy atom. The highest BCUT2D eigenvalue weighted by atomic mass is 19.4. The van der Waals surface area contributed by atoms with Gasteiger partial charge in [0.1, 0.15) is 6.54 Å². The third-order valence-corrected chi connectivity index (χ3v) is 4.64. The van der Waals surface area contributed by atoms with E-state index >= 15 is 0 Å². The molecule has 3 aromatic rings. The molecular weight excluding hydrogens is 440 g/mol. The fourth-order valence-electron chi connectivity index (χ4n) is 2.91. The lowest BCUT2D eigenvalue weighted by atomic mass is 9.96. The van der Waals surface area contributed by atoms with Crippen molar-refractivity contribution in [1.29, 1.82) is 0 Å². The summed E-state index contributed by atoms with van der Waals surface area (Å²) >= 11 is 0. The van der Waals surface area contributed by atoms with Crippen LogP contribution >= 0.6 is 0 Å². The number of rotatable bonds is 5. The van der Waals surface area contributed by atoms with Crippen molar-refractivity contribution in [2.24, 2.45) is 0 Å². The molecule has 2 aromatic carbocycles. The van der Waals surface area contributed by atoms with E-state index in [-0.39, 0.29) is 11.4 Å². The third-order valence-electron chi connectivity index (χ3n) is 4.64. The van der Waals surface area contributed by atoms with Crippen LogP contribution in [-0.2, 0) is 0 Å². The fraction of sp³-hybridized carbons (Fsp3) is 0.286. The van der Waals surface area contributed by atoms with E-state index in [4.69, 9.17) is 4.74 Å². The van der Waals surface area contributed by atoms with Crippen LogP contribution in [0.15, 0.2) is 42.6 Å². The van der Waals surface area contributed by atoms with Gasteiger partial charge < -0.3 is 10.1 Å². The van der Waals surface area contributed by atoms with Crippen LogP contribution in [0.1, 0.15) is 22.8 Å². The summed E-state index contributed by atoms with van der Waals surface area (Å²) in [6.07, 6.45) is -9.85. The van der Waals surface area contributed by atoms with E-state index in [2.05, 4.69) is 10.2 Å². The maximum atomic E-state index is 12.8. The number of nitrogens with one attached hydrogen (secondary N) is 1. The number of hydrogen-bond donors (Lipinski definition) is 1. The average molecular weight is 457 g/mol. The van der Waals surface area contributed by atoms with Crippen LogP contribution in [0.3, 0.4) is 0 Å². The smallest absolute Gasteiger partial charge is 0.425 e. The van der Waals surface area contributed by atoms with E-state index in [1.807, 2.05) is 5.32 Å². The molecule has 0 radical (unpaired) electrons. The zero-order chi connectivity index (χ0) is 23.7. The summed E-state index contributed by atoms with van der Waals surface area (Å²) in [5, 5.41) is 9.88. The standard InChI is InChI=1S/C21H17F6N3O2/c1-11-3-4-14(18(31)28-10-20(22,23)24)8-17(11)13-5-6-16-15(7-13)9-29-30-19(16)32-12(2)21(25,26)27/h3-9,12H,10H2,1-2H3,(H,28,31)/t12-/m0/s1. The van der Waals surface area contributed by atoms with Crippen LogP contribution in [0.25, 0.3) is 21.9 Å². The van der Waals surface area contributed by atoms with Crippen molar-refractivity contribution in [3.8, 4) is 17.0 Å². The van der Waals surface area contributed by atoms with Crippen LogP contribution in [0, 0.1) is 6.92 Å². The number of benzene rings is 2. The van der Waals surface area contributed by atoms with Crippen LogP contribution in [0.2, 0.25) is 0 Å². The molecule has 1 aromatic heterocycles. The van der Waals surface area contributed by atoms with Crippen LogP contribution < -0.4 is 10.1 Å². The van der Waals surface area contributed by atoms with Gasteiger partial charge in [-0.15, -0.1) is 5.10 Å². The second-order valence-electron chi connectivity index (χ2n) is 7.08. The Morgan fingerprint density at radius 2 is 1.81 bits per heavy atom. The molecule has 0 aliphatic carbocycles. The van der Waals surface area contributed by atoms with Crippen molar-refractivity contribution < 1.29 is 35.9 Å². The summed E-state index contributed by atoms with van der Waals surface area (Å²) in [6, 6.07) is 9.16. The van der Waals surface area contributed by atoms with Crippen LogP contribution in [0.4, 0.5) is 26.3 Å². The normalized spacial score (nSPS) is 13.1. The van der Waals surface area contributed by atoms with Crippen LogP contribution in [0.5, 0.6) is 5.88 Å². The Labute approximate surface area is 178 Å². The number of ether oxygens (including phenoxy) is 1. The summed E-state index contributed by atoms with van der Waals surface area (Å²) < 4.78 is 80.5. The number of aromatic nitrogens is 2. The average Bonchev–Trinajstić information content (AvgIpc) is 2.71. The molecule has 1 atom stereocenters.